The fourth-order valence-electron chi connectivity index (χ4n) is 3.83. The number of benzene rings is 1. The average Bonchev–Trinajstić information content (AvgIpc) is 2.77. The zero-order chi connectivity index (χ0) is 13.6. The number of rotatable bonds is 4. The molecule has 0 aliphatic heterocycles. The normalized spacial score (nSPS) is 27.2. The third-order valence-corrected chi connectivity index (χ3v) is 5.14. The van der Waals surface area contributed by atoms with Gasteiger partial charge in [0, 0.05) is 18.1 Å². The summed E-state index contributed by atoms with van der Waals surface area (Å²) >= 11 is 0. The number of nitrogens with one attached hydrogen (secondary N) is 2. The van der Waals surface area contributed by atoms with Gasteiger partial charge in [-0.25, -0.2) is 4.98 Å². The van der Waals surface area contributed by atoms with Crippen molar-refractivity contribution in [3.63, 3.8) is 0 Å². The fraction of sp³-hybridized carbons (Fsp3) is 0.562. The van der Waals surface area contributed by atoms with Gasteiger partial charge in [-0.3, -0.25) is 0 Å². The Morgan fingerprint density at radius 1 is 1.40 bits per heavy atom. The highest BCUT2D eigenvalue weighted by molar-refractivity contribution is 5.77. The molecule has 4 nitrogen and oxygen atoms in total. The van der Waals surface area contributed by atoms with E-state index in [9.17, 15) is 0 Å². The summed E-state index contributed by atoms with van der Waals surface area (Å²) in [5.74, 6) is 0.900. The largest absolute Gasteiger partial charge is 0.378 e. The van der Waals surface area contributed by atoms with E-state index in [-0.39, 0.29) is 0 Å². The van der Waals surface area contributed by atoms with Crippen LogP contribution in [-0.2, 0) is 4.74 Å². The van der Waals surface area contributed by atoms with Crippen LogP contribution in [0.5, 0.6) is 0 Å². The van der Waals surface area contributed by atoms with Crippen molar-refractivity contribution in [2.24, 2.45) is 5.41 Å². The monoisotopic (exact) mass is 271 g/mol. The highest BCUT2D eigenvalue weighted by atomic mass is 16.5. The Bertz CT molecular complexity index is 584. The van der Waals surface area contributed by atoms with Gasteiger partial charge in [-0.05, 0) is 38.3 Å². The van der Waals surface area contributed by atoms with Crippen LogP contribution in [0.1, 0.15) is 32.6 Å². The average molecular weight is 271 g/mol. The molecule has 2 aliphatic carbocycles. The third kappa shape index (κ3) is 1.67. The first-order valence-electron chi connectivity index (χ1n) is 7.65. The van der Waals surface area contributed by atoms with Gasteiger partial charge in [0.05, 0.1) is 17.1 Å². The van der Waals surface area contributed by atoms with Gasteiger partial charge in [0.1, 0.15) is 0 Å². The van der Waals surface area contributed by atoms with Crippen LogP contribution >= 0.6 is 0 Å². The van der Waals surface area contributed by atoms with E-state index in [1.165, 1.54) is 19.3 Å². The van der Waals surface area contributed by atoms with Gasteiger partial charge in [-0.1, -0.05) is 18.6 Å². The zero-order valence-electron chi connectivity index (χ0n) is 11.9. The van der Waals surface area contributed by atoms with Crippen molar-refractivity contribution in [2.75, 3.05) is 11.9 Å². The molecule has 0 bridgehead atoms. The lowest BCUT2D eigenvalue weighted by Crippen LogP contribution is -2.64. The maximum absolute atomic E-state index is 5.89. The van der Waals surface area contributed by atoms with E-state index in [1.807, 2.05) is 18.2 Å². The molecule has 106 valence electrons. The summed E-state index contributed by atoms with van der Waals surface area (Å²) in [4.78, 5) is 7.99. The molecule has 2 aliphatic rings. The van der Waals surface area contributed by atoms with Gasteiger partial charge in [-0.2, -0.15) is 0 Å². The van der Waals surface area contributed by atoms with Crippen molar-refractivity contribution in [3.05, 3.63) is 24.3 Å². The van der Waals surface area contributed by atoms with Crippen molar-refractivity contribution in [3.8, 4) is 0 Å². The van der Waals surface area contributed by atoms with E-state index in [1.54, 1.807) is 0 Å². The summed E-state index contributed by atoms with van der Waals surface area (Å²) in [6.45, 7) is 2.91. The molecule has 4 rings (SSSR count). The number of para-hydroxylation sites is 2. The molecule has 0 amide bonds. The Hall–Kier alpha value is -1.55. The number of aromatic amines is 1. The molecule has 0 radical (unpaired) electrons. The molecule has 2 aromatic rings. The van der Waals surface area contributed by atoms with Gasteiger partial charge in [0.2, 0.25) is 5.95 Å². The molecule has 1 aromatic carbocycles. The first kappa shape index (κ1) is 12.2. The maximum atomic E-state index is 5.89. The molecule has 2 unspecified atom stereocenters. The molecular formula is C16H21N3O. The highest BCUT2D eigenvalue weighted by Crippen LogP contribution is 2.58. The molecule has 2 atom stereocenters. The molecule has 2 saturated carbocycles. The van der Waals surface area contributed by atoms with Crippen LogP contribution in [0.15, 0.2) is 24.3 Å². The fourth-order valence-corrected chi connectivity index (χ4v) is 3.83. The number of fused-ring (bicyclic) bond motifs is 1. The zero-order valence-corrected chi connectivity index (χ0v) is 11.9. The van der Waals surface area contributed by atoms with Crippen LogP contribution in [0.2, 0.25) is 0 Å². The first-order valence-corrected chi connectivity index (χ1v) is 7.65. The Morgan fingerprint density at radius 2 is 2.25 bits per heavy atom. The number of anilines is 1. The molecule has 2 N–H and O–H groups in total. The smallest absolute Gasteiger partial charge is 0.201 e. The van der Waals surface area contributed by atoms with Gasteiger partial charge in [0.25, 0.3) is 0 Å². The number of ether oxygens (including phenoxy) is 1. The molecular weight excluding hydrogens is 250 g/mol. The van der Waals surface area contributed by atoms with Gasteiger partial charge in [-0.15, -0.1) is 0 Å². The van der Waals surface area contributed by atoms with Gasteiger partial charge in [0.15, 0.2) is 0 Å². The van der Waals surface area contributed by atoms with E-state index in [0.29, 0.717) is 17.6 Å². The quantitative estimate of drug-likeness (QED) is 0.897. The predicted octanol–water partition coefficient (Wildman–Crippen LogP) is 3.32. The minimum Gasteiger partial charge on any atom is -0.378 e. The lowest BCUT2D eigenvalue weighted by molar-refractivity contribution is -0.157. The van der Waals surface area contributed by atoms with Crippen molar-refractivity contribution in [1.29, 1.82) is 0 Å². The minimum atomic E-state index is 0.370. The second kappa shape index (κ2) is 4.48. The van der Waals surface area contributed by atoms with E-state index >= 15 is 0 Å². The highest BCUT2D eigenvalue weighted by Gasteiger charge is 2.59. The summed E-state index contributed by atoms with van der Waals surface area (Å²) in [6, 6.07) is 8.67. The van der Waals surface area contributed by atoms with E-state index in [0.717, 1.165) is 30.0 Å². The van der Waals surface area contributed by atoms with Gasteiger partial charge < -0.3 is 15.0 Å². The molecule has 1 spiro atoms. The molecule has 4 heteroatoms. The topological polar surface area (TPSA) is 49.9 Å². The minimum absolute atomic E-state index is 0.370. The van der Waals surface area contributed by atoms with E-state index in [4.69, 9.17) is 4.74 Å². The van der Waals surface area contributed by atoms with Crippen molar-refractivity contribution in [1.82, 2.24) is 9.97 Å². The number of H-pyrrole nitrogens is 1. The Morgan fingerprint density at radius 3 is 2.95 bits per heavy atom. The van der Waals surface area contributed by atoms with Crippen molar-refractivity contribution in [2.45, 2.75) is 44.8 Å². The van der Waals surface area contributed by atoms with Crippen LogP contribution in [0.3, 0.4) is 0 Å². The lowest BCUT2D eigenvalue weighted by Gasteiger charge is -2.61. The van der Waals surface area contributed by atoms with Gasteiger partial charge >= 0.3 is 0 Å². The van der Waals surface area contributed by atoms with E-state index in [2.05, 4.69) is 28.3 Å². The lowest BCUT2D eigenvalue weighted by atomic mass is 9.51. The number of hydrogen-bond donors (Lipinski definition) is 2. The summed E-state index contributed by atoms with van der Waals surface area (Å²) in [5, 5.41) is 3.60. The Balaban J connectivity index is 1.52. The van der Waals surface area contributed by atoms with Crippen LogP contribution in [0.4, 0.5) is 5.95 Å². The molecule has 0 saturated heterocycles. The number of hydrogen-bond acceptors (Lipinski definition) is 3. The first-order chi connectivity index (χ1) is 9.82. The Kier molecular flexibility index (Phi) is 2.74. The summed E-state index contributed by atoms with van der Waals surface area (Å²) in [6.07, 6.45) is 5.46. The number of imidazole rings is 1. The molecule has 2 fully saturated rings. The van der Waals surface area contributed by atoms with E-state index < -0.39 is 0 Å². The van der Waals surface area contributed by atoms with Crippen molar-refractivity contribution < 1.29 is 4.74 Å². The predicted molar refractivity (Wildman–Crippen MR) is 79.8 cm³/mol. The second-order valence-corrected chi connectivity index (χ2v) is 6.07. The summed E-state index contributed by atoms with van der Waals surface area (Å²) in [5.41, 5.74) is 2.49. The maximum Gasteiger partial charge on any atom is 0.201 e. The van der Waals surface area contributed by atoms with Crippen molar-refractivity contribution >= 4 is 17.0 Å². The van der Waals surface area contributed by atoms with Crippen LogP contribution in [0.25, 0.3) is 11.0 Å². The van der Waals surface area contributed by atoms with Crippen LogP contribution in [-0.4, -0.2) is 28.7 Å². The number of aromatic nitrogens is 2. The third-order valence-electron chi connectivity index (χ3n) is 5.14. The summed E-state index contributed by atoms with van der Waals surface area (Å²) < 4.78 is 5.89. The second-order valence-electron chi connectivity index (χ2n) is 6.07. The Labute approximate surface area is 118 Å². The standard InChI is InChI=1S/C16H21N3O/c1-2-20-14-10-13(16(14)8-5-9-16)19-15-17-11-6-3-4-7-12(11)18-15/h3-4,6-7,13-14H,2,5,8-10H2,1H3,(H2,17,18,19). The van der Waals surface area contributed by atoms with Crippen LogP contribution < -0.4 is 5.32 Å². The molecule has 1 aromatic heterocycles. The van der Waals surface area contributed by atoms with Crippen LogP contribution in [0, 0.1) is 5.41 Å². The molecule has 20 heavy (non-hydrogen) atoms. The SMILES string of the molecule is CCOC1CC(Nc2nc3ccccc3[nH]2)C12CCC2. The number of nitrogens with zero attached hydrogens (tertiary/aromatic N) is 1. The summed E-state index contributed by atoms with van der Waals surface area (Å²) in [7, 11) is 0. The molecule has 1 heterocycles.